The first-order valence-electron chi connectivity index (χ1n) is 7.88. The summed E-state index contributed by atoms with van der Waals surface area (Å²) in [6.45, 7) is 2.67. The van der Waals surface area contributed by atoms with Crippen molar-refractivity contribution in [2.24, 2.45) is 0 Å². The van der Waals surface area contributed by atoms with E-state index in [1.807, 2.05) is 37.3 Å². The summed E-state index contributed by atoms with van der Waals surface area (Å²) in [4.78, 5) is 13.4. The van der Waals surface area contributed by atoms with E-state index in [9.17, 15) is 13.2 Å². The molecule has 0 saturated carbocycles. The second-order valence-electron chi connectivity index (χ2n) is 5.84. The second kappa shape index (κ2) is 7.04. The number of nitrogens with one attached hydrogen (secondary N) is 1. The minimum absolute atomic E-state index is 0.229. The van der Waals surface area contributed by atoms with Gasteiger partial charge in [-0.3, -0.25) is 4.79 Å². The van der Waals surface area contributed by atoms with Crippen molar-refractivity contribution in [3.05, 3.63) is 52.9 Å². The first-order valence-corrected chi connectivity index (χ1v) is 10.1. The molecule has 0 spiro atoms. The van der Waals surface area contributed by atoms with Crippen LogP contribution in [0.1, 0.15) is 23.3 Å². The molecule has 1 saturated heterocycles. The molecule has 1 atom stereocenters. The van der Waals surface area contributed by atoms with Crippen LogP contribution >= 0.6 is 11.3 Å². The van der Waals surface area contributed by atoms with Gasteiger partial charge in [0.25, 0.3) is 10.0 Å². The van der Waals surface area contributed by atoms with Gasteiger partial charge >= 0.3 is 0 Å². The number of hydrogen-bond acceptors (Lipinski definition) is 4. The molecule has 0 unspecified atom stereocenters. The lowest BCUT2D eigenvalue weighted by atomic mass is 10.2. The average molecular weight is 364 g/mol. The standard InChI is InChI=1S/C17H20N2O3S2/c1-13-9-10-16(23-13)24(21,22)19-11-5-8-15(19)17(20)18-12-14-6-3-2-4-7-14/h2-4,6-7,9-10,15H,5,8,11-12H2,1H3,(H,18,20)/t15-/m0/s1. The predicted molar refractivity (Wildman–Crippen MR) is 94.3 cm³/mol. The monoisotopic (exact) mass is 364 g/mol. The van der Waals surface area contributed by atoms with Crippen LogP contribution in [0.25, 0.3) is 0 Å². The van der Waals surface area contributed by atoms with E-state index in [1.54, 1.807) is 12.1 Å². The largest absolute Gasteiger partial charge is 0.351 e. The summed E-state index contributed by atoms with van der Waals surface area (Å²) in [5, 5.41) is 2.86. The Balaban J connectivity index is 1.72. The summed E-state index contributed by atoms with van der Waals surface area (Å²) in [6.07, 6.45) is 1.26. The first kappa shape index (κ1) is 17.1. The van der Waals surface area contributed by atoms with Crippen LogP contribution in [0.5, 0.6) is 0 Å². The maximum absolute atomic E-state index is 12.8. The highest BCUT2D eigenvalue weighted by atomic mass is 32.2. The fourth-order valence-corrected chi connectivity index (χ4v) is 5.93. The van der Waals surface area contributed by atoms with Gasteiger partial charge in [0.15, 0.2) is 0 Å². The third-order valence-corrected chi connectivity index (χ3v) is 7.47. The molecule has 5 nitrogen and oxygen atoms in total. The van der Waals surface area contributed by atoms with E-state index in [0.29, 0.717) is 30.1 Å². The Kier molecular flexibility index (Phi) is 5.03. The van der Waals surface area contributed by atoms with E-state index in [4.69, 9.17) is 0 Å². The molecule has 2 aromatic rings. The van der Waals surface area contributed by atoms with Crippen molar-refractivity contribution in [1.82, 2.24) is 9.62 Å². The highest BCUT2D eigenvalue weighted by Crippen LogP contribution is 2.30. The number of hydrogen-bond donors (Lipinski definition) is 1. The van der Waals surface area contributed by atoms with Crippen molar-refractivity contribution in [3.63, 3.8) is 0 Å². The Bertz CT molecular complexity index is 815. The number of nitrogens with zero attached hydrogens (tertiary/aromatic N) is 1. The Labute approximate surface area is 146 Å². The van der Waals surface area contributed by atoms with E-state index in [1.165, 1.54) is 15.6 Å². The number of carbonyl (C=O) groups is 1. The van der Waals surface area contributed by atoms with Crippen molar-refractivity contribution in [2.45, 2.75) is 36.6 Å². The summed E-state index contributed by atoms with van der Waals surface area (Å²) in [5.74, 6) is -0.229. The Morgan fingerprint density at radius 2 is 2.00 bits per heavy atom. The van der Waals surface area contributed by atoms with Crippen molar-refractivity contribution in [1.29, 1.82) is 0 Å². The fraction of sp³-hybridized carbons (Fsp3) is 0.353. The van der Waals surface area contributed by atoms with Gasteiger partial charge in [-0.2, -0.15) is 4.31 Å². The SMILES string of the molecule is Cc1ccc(S(=O)(=O)N2CCC[C@H]2C(=O)NCc2ccccc2)s1. The van der Waals surface area contributed by atoms with Gasteiger partial charge in [0.2, 0.25) is 5.91 Å². The predicted octanol–water partition coefficient (Wildman–Crippen LogP) is 2.53. The second-order valence-corrected chi connectivity index (χ2v) is 9.25. The van der Waals surface area contributed by atoms with E-state index < -0.39 is 16.1 Å². The van der Waals surface area contributed by atoms with Crippen LogP contribution in [0.2, 0.25) is 0 Å². The summed E-state index contributed by atoms with van der Waals surface area (Å²) in [5.41, 5.74) is 0.993. The molecule has 3 rings (SSSR count). The molecule has 0 bridgehead atoms. The highest BCUT2D eigenvalue weighted by Gasteiger charge is 2.39. The van der Waals surface area contributed by atoms with Gasteiger partial charge in [0.1, 0.15) is 10.3 Å². The first-order chi connectivity index (χ1) is 11.5. The van der Waals surface area contributed by atoms with E-state index >= 15 is 0 Å². The van der Waals surface area contributed by atoms with Crippen LogP contribution in [0, 0.1) is 6.92 Å². The zero-order valence-electron chi connectivity index (χ0n) is 13.4. The van der Waals surface area contributed by atoms with Gasteiger partial charge in [-0.15, -0.1) is 11.3 Å². The molecule has 1 fully saturated rings. The third-order valence-electron chi connectivity index (χ3n) is 4.09. The van der Waals surface area contributed by atoms with Gasteiger partial charge < -0.3 is 5.32 Å². The van der Waals surface area contributed by atoms with E-state index in [2.05, 4.69) is 5.32 Å². The quantitative estimate of drug-likeness (QED) is 0.886. The number of benzene rings is 1. The van der Waals surface area contributed by atoms with Gasteiger partial charge in [0.05, 0.1) is 0 Å². The lowest BCUT2D eigenvalue weighted by molar-refractivity contribution is -0.124. The van der Waals surface area contributed by atoms with Gasteiger partial charge in [-0.05, 0) is 37.5 Å². The smallest absolute Gasteiger partial charge is 0.253 e. The number of rotatable bonds is 5. The third kappa shape index (κ3) is 3.53. The van der Waals surface area contributed by atoms with Crippen molar-refractivity contribution >= 4 is 27.3 Å². The summed E-state index contributed by atoms with van der Waals surface area (Å²) >= 11 is 1.24. The molecule has 1 N–H and O–H groups in total. The zero-order valence-corrected chi connectivity index (χ0v) is 15.1. The molecule has 1 amide bonds. The van der Waals surface area contributed by atoms with Crippen LogP contribution in [0.4, 0.5) is 0 Å². The molecule has 24 heavy (non-hydrogen) atoms. The maximum Gasteiger partial charge on any atom is 0.253 e. The average Bonchev–Trinajstić information content (AvgIpc) is 3.23. The lowest BCUT2D eigenvalue weighted by Gasteiger charge is -2.22. The normalized spacial score (nSPS) is 18.6. The van der Waals surface area contributed by atoms with Crippen LogP contribution in [-0.4, -0.2) is 31.2 Å². The molecule has 2 heterocycles. The van der Waals surface area contributed by atoms with Crippen molar-refractivity contribution in [2.75, 3.05) is 6.54 Å². The van der Waals surface area contributed by atoms with Crippen molar-refractivity contribution < 1.29 is 13.2 Å². The molecule has 7 heteroatoms. The number of sulfonamides is 1. The van der Waals surface area contributed by atoms with Gasteiger partial charge in [0, 0.05) is 18.0 Å². The molecule has 1 aromatic heterocycles. The highest BCUT2D eigenvalue weighted by molar-refractivity contribution is 7.91. The molecule has 0 aliphatic carbocycles. The van der Waals surface area contributed by atoms with Crippen LogP contribution < -0.4 is 5.32 Å². The molecule has 1 aliphatic heterocycles. The number of thiophene rings is 1. The summed E-state index contributed by atoms with van der Waals surface area (Å²) in [7, 11) is -3.60. The van der Waals surface area contributed by atoms with E-state index in [0.717, 1.165) is 10.4 Å². The van der Waals surface area contributed by atoms with Crippen molar-refractivity contribution in [3.8, 4) is 0 Å². The minimum atomic E-state index is -3.60. The number of aryl methyl sites for hydroxylation is 1. The van der Waals surface area contributed by atoms with Crippen LogP contribution in [-0.2, 0) is 21.4 Å². The summed E-state index contributed by atoms with van der Waals surface area (Å²) < 4.78 is 27.2. The van der Waals surface area contributed by atoms with Crippen LogP contribution in [0.15, 0.2) is 46.7 Å². The number of amides is 1. The molecule has 1 aliphatic rings. The molecule has 128 valence electrons. The maximum atomic E-state index is 12.8. The molecular formula is C17H20N2O3S2. The Morgan fingerprint density at radius 3 is 2.67 bits per heavy atom. The number of carbonyl (C=O) groups excluding carboxylic acids is 1. The summed E-state index contributed by atoms with van der Waals surface area (Å²) in [6, 6.07) is 12.4. The van der Waals surface area contributed by atoms with Gasteiger partial charge in [-0.25, -0.2) is 8.42 Å². The van der Waals surface area contributed by atoms with E-state index in [-0.39, 0.29) is 5.91 Å². The molecule has 0 radical (unpaired) electrons. The minimum Gasteiger partial charge on any atom is -0.351 e. The Morgan fingerprint density at radius 1 is 1.25 bits per heavy atom. The zero-order chi connectivity index (χ0) is 17.2. The molecule has 1 aromatic carbocycles. The topological polar surface area (TPSA) is 66.5 Å². The fourth-order valence-electron chi connectivity index (χ4n) is 2.86. The molecular weight excluding hydrogens is 344 g/mol. The Hall–Kier alpha value is -1.70. The van der Waals surface area contributed by atoms with Crippen LogP contribution in [0.3, 0.4) is 0 Å². The lowest BCUT2D eigenvalue weighted by Crippen LogP contribution is -2.45. The van der Waals surface area contributed by atoms with Gasteiger partial charge in [-0.1, -0.05) is 30.3 Å².